The summed E-state index contributed by atoms with van der Waals surface area (Å²) < 4.78 is 1.91. The van der Waals surface area contributed by atoms with E-state index in [1.165, 1.54) is 12.1 Å². The summed E-state index contributed by atoms with van der Waals surface area (Å²) in [6, 6.07) is 2.78. The topological polar surface area (TPSA) is 90.0 Å². The van der Waals surface area contributed by atoms with Crippen molar-refractivity contribution in [1.29, 1.82) is 0 Å². The molecule has 0 N–H and O–H groups in total. The van der Waals surface area contributed by atoms with E-state index in [2.05, 4.69) is 15.2 Å². The third-order valence-electron chi connectivity index (χ3n) is 2.96. The van der Waals surface area contributed by atoms with Crippen molar-refractivity contribution in [3.8, 4) is 0 Å². The Hall–Kier alpha value is -2.22. The number of halogens is 1. The van der Waals surface area contributed by atoms with Crippen LogP contribution in [0.3, 0.4) is 0 Å². The molecule has 2 aromatic heterocycles. The van der Waals surface area contributed by atoms with E-state index in [0.29, 0.717) is 19.6 Å². The number of hydrogen-bond acceptors (Lipinski definition) is 6. The van der Waals surface area contributed by atoms with Gasteiger partial charge in [-0.15, -0.1) is 10.2 Å². The number of hydrogen-bond donors (Lipinski definition) is 0. The zero-order valence-electron chi connectivity index (χ0n) is 9.73. The van der Waals surface area contributed by atoms with Gasteiger partial charge < -0.3 is 9.47 Å². The standard InChI is InChI=1S/C10H9ClN6O2/c11-8-2-1-7(17(18)19)10(13-8)15-3-4-16-6-12-14-9(16)5-15/h1-2,6H,3-5H2. The van der Waals surface area contributed by atoms with Crippen molar-refractivity contribution in [1.82, 2.24) is 19.7 Å². The number of pyridine rings is 1. The molecule has 0 fully saturated rings. The Morgan fingerprint density at radius 1 is 1.37 bits per heavy atom. The van der Waals surface area contributed by atoms with Gasteiger partial charge in [0.05, 0.1) is 11.5 Å². The van der Waals surface area contributed by atoms with Gasteiger partial charge in [0, 0.05) is 19.2 Å². The first-order valence-corrected chi connectivity index (χ1v) is 5.95. The molecule has 0 atom stereocenters. The average molecular weight is 281 g/mol. The lowest BCUT2D eigenvalue weighted by Crippen LogP contribution is -2.34. The van der Waals surface area contributed by atoms with Crippen LogP contribution in [0.1, 0.15) is 5.82 Å². The summed E-state index contributed by atoms with van der Waals surface area (Å²) in [5.74, 6) is 1.02. The second kappa shape index (κ2) is 4.47. The summed E-state index contributed by atoms with van der Waals surface area (Å²) >= 11 is 5.83. The lowest BCUT2D eigenvalue weighted by atomic mass is 10.3. The van der Waals surface area contributed by atoms with E-state index < -0.39 is 4.92 Å². The number of fused-ring (bicyclic) bond motifs is 1. The van der Waals surface area contributed by atoms with Crippen molar-refractivity contribution >= 4 is 23.1 Å². The van der Waals surface area contributed by atoms with Gasteiger partial charge in [0.15, 0.2) is 5.82 Å². The summed E-state index contributed by atoms with van der Waals surface area (Å²) in [7, 11) is 0. The van der Waals surface area contributed by atoms with Crippen LogP contribution in [-0.4, -0.2) is 31.2 Å². The van der Waals surface area contributed by atoms with Gasteiger partial charge in [0.1, 0.15) is 11.5 Å². The molecule has 98 valence electrons. The van der Waals surface area contributed by atoms with Gasteiger partial charge in [-0.2, -0.15) is 0 Å². The van der Waals surface area contributed by atoms with Crippen molar-refractivity contribution in [3.05, 3.63) is 39.6 Å². The third kappa shape index (κ3) is 2.10. The molecule has 0 bridgehead atoms. The first kappa shape index (κ1) is 11.8. The molecule has 3 rings (SSSR count). The van der Waals surface area contributed by atoms with E-state index >= 15 is 0 Å². The van der Waals surface area contributed by atoms with Gasteiger partial charge in [-0.1, -0.05) is 11.6 Å². The predicted molar refractivity (Wildman–Crippen MR) is 67.0 cm³/mol. The number of anilines is 1. The first-order valence-electron chi connectivity index (χ1n) is 5.58. The highest BCUT2D eigenvalue weighted by molar-refractivity contribution is 6.29. The molecule has 0 aromatic carbocycles. The molecule has 0 aliphatic carbocycles. The fraction of sp³-hybridized carbons (Fsp3) is 0.300. The Labute approximate surface area is 112 Å². The zero-order valence-corrected chi connectivity index (χ0v) is 10.5. The van der Waals surface area contributed by atoms with Crippen LogP contribution in [0, 0.1) is 10.1 Å². The highest BCUT2D eigenvalue weighted by Gasteiger charge is 2.25. The van der Waals surface area contributed by atoms with Crippen LogP contribution in [-0.2, 0) is 13.1 Å². The number of nitrogens with zero attached hydrogens (tertiary/aromatic N) is 6. The van der Waals surface area contributed by atoms with Crippen molar-refractivity contribution in [2.24, 2.45) is 0 Å². The zero-order chi connectivity index (χ0) is 13.4. The summed E-state index contributed by atoms with van der Waals surface area (Å²) in [5.41, 5.74) is -0.0580. The van der Waals surface area contributed by atoms with Crippen LogP contribution >= 0.6 is 11.6 Å². The number of nitro groups is 1. The second-order valence-corrected chi connectivity index (χ2v) is 4.48. The van der Waals surface area contributed by atoms with Crippen LogP contribution in [0.2, 0.25) is 5.15 Å². The maximum Gasteiger partial charge on any atom is 0.311 e. The SMILES string of the molecule is O=[N+]([O-])c1ccc(Cl)nc1N1CCn2cnnc2C1. The van der Waals surface area contributed by atoms with E-state index in [1.54, 1.807) is 11.2 Å². The van der Waals surface area contributed by atoms with E-state index in [9.17, 15) is 10.1 Å². The lowest BCUT2D eigenvalue weighted by Gasteiger charge is -2.27. The molecule has 9 heteroatoms. The minimum atomic E-state index is -0.460. The van der Waals surface area contributed by atoms with Gasteiger partial charge >= 0.3 is 5.69 Å². The van der Waals surface area contributed by atoms with Gasteiger partial charge in [0.2, 0.25) is 5.82 Å². The molecule has 0 spiro atoms. The summed E-state index contributed by atoms with van der Waals surface area (Å²) in [6.45, 7) is 1.68. The van der Waals surface area contributed by atoms with Crippen molar-refractivity contribution < 1.29 is 4.92 Å². The molecule has 8 nitrogen and oxygen atoms in total. The molecule has 1 aliphatic heterocycles. The number of rotatable bonds is 2. The summed E-state index contributed by atoms with van der Waals surface area (Å²) in [6.07, 6.45) is 1.65. The molecular formula is C10H9ClN6O2. The molecule has 0 amide bonds. The van der Waals surface area contributed by atoms with Crippen molar-refractivity contribution in [2.75, 3.05) is 11.4 Å². The third-order valence-corrected chi connectivity index (χ3v) is 3.17. The second-order valence-electron chi connectivity index (χ2n) is 4.10. The Morgan fingerprint density at radius 3 is 3.00 bits per heavy atom. The first-order chi connectivity index (χ1) is 9.15. The quantitative estimate of drug-likeness (QED) is 0.467. The van der Waals surface area contributed by atoms with Crippen LogP contribution in [0.15, 0.2) is 18.5 Å². The van der Waals surface area contributed by atoms with E-state index in [4.69, 9.17) is 11.6 Å². The van der Waals surface area contributed by atoms with Crippen LogP contribution in [0.5, 0.6) is 0 Å². The van der Waals surface area contributed by atoms with Gasteiger partial charge in [-0.25, -0.2) is 4.98 Å². The summed E-state index contributed by atoms with van der Waals surface area (Å²) in [5, 5.41) is 19.0. The van der Waals surface area contributed by atoms with Crippen LogP contribution in [0.4, 0.5) is 11.5 Å². The Bertz CT molecular complexity index is 643. The minimum absolute atomic E-state index is 0.0580. The largest absolute Gasteiger partial charge is 0.342 e. The maximum atomic E-state index is 11.0. The van der Waals surface area contributed by atoms with Crippen molar-refractivity contribution in [3.63, 3.8) is 0 Å². The molecule has 3 heterocycles. The molecule has 1 aliphatic rings. The maximum absolute atomic E-state index is 11.0. The van der Waals surface area contributed by atoms with Gasteiger partial charge in [-0.3, -0.25) is 10.1 Å². The normalized spacial score (nSPS) is 14.3. The highest BCUT2D eigenvalue weighted by atomic mass is 35.5. The Balaban J connectivity index is 1.99. The Morgan fingerprint density at radius 2 is 2.21 bits per heavy atom. The molecule has 0 unspecified atom stereocenters. The van der Waals surface area contributed by atoms with E-state index in [0.717, 1.165) is 5.82 Å². The van der Waals surface area contributed by atoms with Gasteiger partial charge in [0.25, 0.3) is 0 Å². The Kier molecular flexibility index (Phi) is 2.79. The predicted octanol–water partition coefficient (Wildman–Crippen LogP) is 1.25. The molecule has 2 aromatic rings. The van der Waals surface area contributed by atoms with Crippen LogP contribution in [0.25, 0.3) is 0 Å². The van der Waals surface area contributed by atoms with E-state index in [-0.39, 0.29) is 16.7 Å². The highest BCUT2D eigenvalue weighted by Crippen LogP contribution is 2.29. The smallest absolute Gasteiger partial charge is 0.311 e. The number of aromatic nitrogens is 4. The monoisotopic (exact) mass is 280 g/mol. The molecule has 0 radical (unpaired) electrons. The van der Waals surface area contributed by atoms with E-state index in [1.807, 2.05) is 4.57 Å². The molecule has 0 saturated heterocycles. The van der Waals surface area contributed by atoms with Crippen LogP contribution < -0.4 is 4.90 Å². The minimum Gasteiger partial charge on any atom is -0.342 e. The van der Waals surface area contributed by atoms with Gasteiger partial charge in [-0.05, 0) is 6.07 Å². The molecule has 19 heavy (non-hydrogen) atoms. The lowest BCUT2D eigenvalue weighted by molar-refractivity contribution is -0.384. The fourth-order valence-electron chi connectivity index (χ4n) is 2.04. The van der Waals surface area contributed by atoms with Crippen molar-refractivity contribution in [2.45, 2.75) is 13.1 Å². The molecular weight excluding hydrogens is 272 g/mol. The average Bonchev–Trinajstić information content (AvgIpc) is 2.85. The summed E-state index contributed by atoms with van der Waals surface area (Å²) in [4.78, 5) is 16.4. The fourth-order valence-corrected chi connectivity index (χ4v) is 2.18. The molecule has 0 saturated carbocycles.